The number of rotatable bonds is 10. The number of Topliss-reactive ketones (excluding diaryl/α,β-unsaturated/α-hetero) is 1. The van der Waals surface area contributed by atoms with Gasteiger partial charge in [0.2, 0.25) is 0 Å². The molecule has 1 aliphatic heterocycles. The Bertz CT molecular complexity index is 226. The van der Waals surface area contributed by atoms with Crippen molar-refractivity contribution < 1.29 is 9.28 Å². The molecule has 0 spiro atoms. The van der Waals surface area contributed by atoms with Crippen LogP contribution in [0.25, 0.3) is 0 Å². The molecule has 0 N–H and O–H groups in total. The van der Waals surface area contributed by atoms with E-state index in [4.69, 9.17) is 0 Å². The van der Waals surface area contributed by atoms with Gasteiger partial charge in [0.25, 0.3) is 0 Å². The number of carbonyl (C=O) groups is 1. The van der Waals surface area contributed by atoms with Gasteiger partial charge in [-0.15, -0.1) is 0 Å². The molecule has 1 heterocycles. The highest BCUT2D eigenvalue weighted by molar-refractivity contribution is 5.78. The van der Waals surface area contributed by atoms with Crippen molar-refractivity contribution in [3.05, 3.63) is 0 Å². The van der Waals surface area contributed by atoms with Crippen molar-refractivity contribution in [3.8, 4) is 0 Å². The predicted molar refractivity (Wildman–Crippen MR) is 82.3 cm³/mol. The molecule has 19 heavy (non-hydrogen) atoms. The quantitative estimate of drug-likeness (QED) is 0.426. The largest absolute Gasteiger partial charge is 0.323 e. The maximum atomic E-state index is 11.5. The third-order valence-corrected chi connectivity index (χ3v) is 4.70. The summed E-state index contributed by atoms with van der Waals surface area (Å²) in [6.07, 6.45) is 12.5. The van der Waals surface area contributed by atoms with Gasteiger partial charge in [-0.1, -0.05) is 39.5 Å². The Labute approximate surface area is 120 Å². The van der Waals surface area contributed by atoms with Gasteiger partial charge < -0.3 is 4.48 Å². The van der Waals surface area contributed by atoms with Crippen LogP contribution in [0.4, 0.5) is 0 Å². The maximum Gasteiger partial charge on any atom is 0.144 e. The van der Waals surface area contributed by atoms with Crippen LogP contribution in [0.2, 0.25) is 0 Å². The van der Waals surface area contributed by atoms with E-state index in [1.54, 1.807) is 0 Å². The van der Waals surface area contributed by atoms with Crippen LogP contribution in [-0.4, -0.2) is 36.4 Å². The molecule has 0 bridgehead atoms. The molecule has 0 amide bonds. The smallest absolute Gasteiger partial charge is 0.144 e. The minimum Gasteiger partial charge on any atom is -0.323 e. The van der Waals surface area contributed by atoms with E-state index in [2.05, 4.69) is 13.8 Å². The number of likely N-dealkylation sites (tertiary alicyclic amines) is 1. The van der Waals surface area contributed by atoms with Gasteiger partial charge in [-0.3, -0.25) is 4.79 Å². The highest BCUT2D eigenvalue weighted by Gasteiger charge is 2.31. The third-order valence-electron chi connectivity index (χ3n) is 4.70. The van der Waals surface area contributed by atoms with Crippen LogP contribution in [0, 0.1) is 0 Å². The number of piperidine rings is 1. The Morgan fingerprint density at radius 1 is 0.789 bits per heavy atom. The van der Waals surface area contributed by atoms with Crippen molar-refractivity contribution >= 4 is 5.78 Å². The first-order valence-electron chi connectivity index (χ1n) is 8.59. The molecule has 0 radical (unpaired) electrons. The molecule has 0 unspecified atom stereocenters. The van der Waals surface area contributed by atoms with Gasteiger partial charge in [0, 0.05) is 0 Å². The zero-order valence-electron chi connectivity index (χ0n) is 13.3. The van der Waals surface area contributed by atoms with Gasteiger partial charge in [0.1, 0.15) is 5.78 Å². The maximum absolute atomic E-state index is 11.5. The Morgan fingerprint density at radius 2 is 1.26 bits per heavy atom. The molecule has 1 saturated heterocycles. The van der Waals surface area contributed by atoms with Gasteiger partial charge >= 0.3 is 0 Å². The number of nitrogens with zero attached hydrogens (tertiary/aromatic N) is 1. The lowest BCUT2D eigenvalue weighted by molar-refractivity contribution is -0.929. The third kappa shape index (κ3) is 6.56. The minimum absolute atomic E-state index is 0.496. The van der Waals surface area contributed by atoms with Crippen molar-refractivity contribution in [2.24, 2.45) is 0 Å². The van der Waals surface area contributed by atoms with Crippen LogP contribution in [0.15, 0.2) is 0 Å². The van der Waals surface area contributed by atoms with Crippen molar-refractivity contribution in [2.45, 2.75) is 78.1 Å². The normalized spacial score (nSPS) is 18.7. The summed E-state index contributed by atoms with van der Waals surface area (Å²) in [5.74, 6) is 0.496. The van der Waals surface area contributed by atoms with E-state index < -0.39 is 0 Å². The van der Waals surface area contributed by atoms with Crippen molar-refractivity contribution in [2.75, 3.05) is 26.2 Å². The second-order valence-corrected chi connectivity index (χ2v) is 6.40. The van der Waals surface area contributed by atoms with E-state index in [0.29, 0.717) is 5.78 Å². The Kier molecular flexibility index (Phi) is 8.36. The number of unbranched alkanes of at least 4 members (excludes halogenated alkanes) is 6. The summed E-state index contributed by atoms with van der Waals surface area (Å²) in [4.78, 5) is 11.5. The van der Waals surface area contributed by atoms with Gasteiger partial charge in [-0.2, -0.15) is 0 Å². The van der Waals surface area contributed by atoms with Gasteiger partial charge in [-0.05, 0) is 25.7 Å². The molecule has 1 aliphatic rings. The second-order valence-electron chi connectivity index (χ2n) is 6.40. The Hall–Kier alpha value is -0.370. The lowest BCUT2D eigenvalue weighted by Crippen LogP contribution is -2.54. The van der Waals surface area contributed by atoms with Crippen molar-refractivity contribution in [1.29, 1.82) is 0 Å². The molecule has 0 aromatic carbocycles. The van der Waals surface area contributed by atoms with E-state index in [-0.39, 0.29) is 0 Å². The molecule has 0 aromatic heterocycles. The monoisotopic (exact) mass is 268 g/mol. The van der Waals surface area contributed by atoms with Crippen LogP contribution in [-0.2, 0) is 4.79 Å². The number of ketones is 1. The molecule has 112 valence electrons. The molecular weight excluding hydrogens is 234 g/mol. The highest BCUT2D eigenvalue weighted by atomic mass is 16.1. The molecule has 0 atom stereocenters. The van der Waals surface area contributed by atoms with E-state index in [1.807, 2.05) is 0 Å². The fraction of sp³-hybridized carbons (Fsp3) is 0.941. The topological polar surface area (TPSA) is 17.1 Å². The molecule has 2 nitrogen and oxygen atoms in total. The Balaban J connectivity index is 2.35. The summed E-state index contributed by atoms with van der Waals surface area (Å²) in [6, 6.07) is 0. The Morgan fingerprint density at radius 3 is 1.68 bits per heavy atom. The SMILES string of the molecule is CCCCCC[N+]1(CCCCCC)CCC(=O)CC1. The zero-order valence-corrected chi connectivity index (χ0v) is 13.3. The molecule has 1 fully saturated rings. The average Bonchev–Trinajstić information content (AvgIpc) is 2.43. The van der Waals surface area contributed by atoms with Crippen LogP contribution in [0.1, 0.15) is 78.1 Å². The molecule has 0 aliphatic carbocycles. The van der Waals surface area contributed by atoms with Crippen LogP contribution < -0.4 is 0 Å². The minimum atomic E-state index is 0.496. The van der Waals surface area contributed by atoms with E-state index in [0.717, 1.165) is 25.9 Å². The predicted octanol–water partition coefficient (Wildman–Crippen LogP) is 4.33. The number of carbonyl (C=O) groups excluding carboxylic acids is 1. The van der Waals surface area contributed by atoms with Gasteiger partial charge in [-0.25, -0.2) is 0 Å². The zero-order chi connectivity index (χ0) is 14.0. The second kappa shape index (κ2) is 9.52. The van der Waals surface area contributed by atoms with Crippen molar-refractivity contribution in [1.82, 2.24) is 0 Å². The van der Waals surface area contributed by atoms with E-state index >= 15 is 0 Å². The van der Waals surface area contributed by atoms with Crippen LogP contribution in [0.5, 0.6) is 0 Å². The highest BCUT2D eigenvalue weighted by Crippen LogP contribution is 2.20. The molecule has 1 rings (SSSR count). The lowest BCUT2D eigenvalue weighted by atomic mass is 10.0. The van der Waals surface area contributed by atoms with Crippen LogP contribution >= 0.6 is 0 Å². The van der Waals surface area contributed by atoms with E-state index in [1.165, 1.54) is 68.9 Å². The fourth-order valence-electron chi connectivity index (χ4n) is 3.27. The number of hydrogen-bond donors (Lipinski definition) is 0. The van der Waals surface area contributed by atoms with Crippen LogP contribution in [0.3, 0.4) is 0 Å². The summed E-state index contributed by atoms with van der Waals surface area (Å²) in [6.45, 7) is 9.43. The molecule has 0 aromatic rings. The lowest BCUT2D eigenvalue weighted by Gasteiger charge is -2.41. The molecule has 0 saturated carbocycles. The van der Waals surface area contributed by atoms with E-state index in [9.17, 15) is 4.79 Å². The molecule has 2 heteroatoms. The first-order chi connectivity index (χ1) is 9.22. The van der Waals surface area contributed by atoms with Crippen molar-refractivity contribution in [3.63, 3.8) is 0 Å². The number of hydrogen-bond acceptors (Lipinski definition) is 1. The molecular formula is C17H34NO+. The first kappa shape index (κ1) is 16.7. The first-order valence-corrected chi connectivity index (χ1v) is 8.59. The number of quaternary nitrogens is 1. The van der Waals surface area contributed by atoms with Gasteiger partial charge in [0.05, 0.1) is 39.0 Å². The summed E-state index contributed by atoms with van der Waals surface area (Å²) in [7, 11) is 0. The standard InChI is InChI=1S/C17H34NO/c1-3-5-7-9-13-18(14-10-8-6-4-2)15-11-17(19)12-16-18/h3-16H2,1-2H3/q+1. The summed E-state index contributed by atoms with van der Waals surface area (Å²) >= 11 is 0. The average molecular weight is 268 g/mol. The summed E-state index contributed by atoms with van der Waals surface area (Å²) in [5.41, 5.74) is 0. The summed E-state index contributed by atoms with van der Waals surface area (Å²) in [5, 5.41) is 0. The summed E-state index contributed by atoms with van der Waals surface area (Å²) < 4.78 is 1.25. The van der Waals surface area contributed by atoms with Gasteiger partial charge in [0.15, 0.2) is 0 Å². The fourth-order valence-corrected chi connectivity index (χ4v) is 3.27.